The number of aliphatic hydroxyl groups excluding tert-OH is 1. The van der Waals surface area contributed by atoms with Gasteiger partial charge in [0.1, 0.15) is 0 Å². The Bertz CT molecular complexity index is 791. The van der Waals surface area contributed by atoms with E-state index < -0.39 is 6.10 Å². The van der Waals surface area contributed by atoms with Gasteiger partial charge in [0.15, 0.2) is 5.76 Å². The van der Waals surface area contributed by atoms with Gasteiger partial charge in [-0.3, -0.25) is 9.69 Å². The Balaban J connectivity index is 0.00000225. The molecular formula is C21H27ClN2O3S. The number of furan rings is 1. The minimum Gasteiger partial charge on any atom is -0.459 e. The Labute approximate surface area is 176 Å². The van der Waals surface area contributed by atoms with Crippen molar-refractivity contribution in [1.82, 2.24) is 9.80 Å². The van der Waals surface area contributed by atoms with Crippen LogP contribution in [0, 0.1) is 0 Å². The van der Waals surface area contributed by atoms with Crippen LogP contribution in [0.4, 0.5) is 0 Å². The molecule has 1 amide bonds. The van der Waals surface area contributed by atoms with E-state index in [2.05, 4.69) is 30.0 Å². The minimum absolute atomic E-state index is 0. The Kier molecular flexibility index (Phi) is 7.10. The van der Waals surface area contributed by atoms with E-state index in [1.807, 2.05) is 16.7 Å². The second-order valence-corrected chi connectivity index (χ2v) is 8.45. The van der Waals surface area contributed by atoms with Crippen molar-refractivity contribution in [3.8, 4) is 0 Å². The van der Waals surface area contributed by atoms with Gasteiger partial charge in [-0.2, -0.15) is 0 Å². The molecule has 0 bridgehead atoms. The number of thioether (sulfide) groups is 1. The lowest BCUT2D eigenvalue weighted by atomic mass is 9.98. The first-order chi connectivity index (χ1) is 13.1. The lowest BCUT2D eigenvalue weighted by Gasteiger charge is -2.39. The average molecular weight is 423 g/mol. The molecule has 1 aromatic heterocycles. The van der Waals surface area contributed by atoms with Crippen molar-refractivity contribution >= 4 is 30.1 Å². The Morgan fingerprint density at radius 1 is 1.21 bits per heavy atom. The van der Waals surface area contributed by atoms with Crippen LogP contribution < -0.4 is 0 Å². The van der Waals surface area contributed by atoms with Crippen LogP contribution in [-0.4, -0.2) is 58.8 Å². The topological polar surface area (TPSA) is 56.9 Å². The van der Waals surface area contributed by atoms with E-state index in [4.69, 9.17) is 4.42 Å². The molecule has 3 heterocycles. The molecule has 2 atom stereocenters. The molecule has 4 rings (SSSR count). The molecule has 1 saturated heterocycles. The number of hydrogen-bond donors (Lipinski definition) is 1. The van der Waals surface area contributed by atoms with Gasteiger partial charge < -0.3 is 14.4 Å². The number of carbonyl (C=O) groups is 1. The predicted molar refractivity (Wildman–Crippen MR) is 113 cm³/mol. The van der Waals surface area contributed by atoms with Gasteiger partial charge in [-0.05, 0) is 54.8 Å². The quantitative estimate of drug-likeness (QED) is 0.815. The third kappa shape index (κ3) is 4.40. The summed E-state index contributed by atoms with van der Waals surface area (Å²) in [6.45, 7) is 4.88. The number of amides is 1. The average Bonchev–Trinajstić information content (AvgIpc) is 3.27. The monoisotopic (exact) mass is 422 g/mol. The normalized spacial score (nSPS) is 19.4. The summed E-state index contributed by atoms with van der Waals surface area (Å²) in [6.07, 6.45) is 3.32. The maximum absolute atomic E-state index is 12.4. The van der Waals surface area contributed by atoms with Crippen LogP contribution >= 0.6 is 24.2 Å². The molecule has 0 spiro atoms. The van der Waals surface area contributed by atoms with Crippen molar-refractivity contribution in [3.63, 3.8) is 0 Å². The largest absolute Gasteiger partial charge is 0.459 e. The van der Waals surface area contributed by atoms with Crippen molar-refractivity contribution < 1.29 is 14.3 Å². The molecule has 2 aromatic rings. The second-order valence-electron chi connectivity index (χ2n) is 7.31. The fourth-order valence-electron chi connectivity index (χ4n) is 3.93. The number of aryl methyl sites for hydroxylation is 1. The van der Waals surface area contributed by atoms with E-state index >= 15 is 0 Å². The van der Waals surface area contributed by atoms with E-state index in [9.17, 15) is 9.90 Å². The SMILES string of the molecule is CC(C(O)c1ccc2c(c1)CCCS2)N1CCN(C(=O)c2ccco2)CC1.Cl. The molecule has 1 aromatic carbocycles. The molecular weight excluding hydrogens is 396 g/mol. The Morgan fingerprint density at radius 2 is 2.00 bits per heavy atom. The molecule has 2 unspecified atom stereocenters. The highest BCUT2D eigenvalue weighted by Gasteiger charge is 2.29. The van der Waals surface area contributed by atoms with Crippen LogP contribution in [0.25, 0.3) is 0 Å². The molecule has 1 N–H and O–H groups in total. The third-order valence-electron chi connectivity index (χ3n) is 5.64. The number of rotatable bonds is 4. The predicted octanol–water partition coefficient (Wildman–Crippen LogP) is 3.62. The standard InChI is InChI=1S/C21H26N2O3S.ClH/c1-15(20(24)17-6-7-19-16(14-17)4-3-13-27-19)22-8-10-23(11-9-22)21(25)18-5-2-12-26-18;/h2,5-7,12,14-15,20,24H,3-4,8-11,13H2,1H3;1H. The number of piperazine rings is 1. The first-order valence-electron chi connectivity index (χ1n) is 9.64. The molecule has 5 nitrogen and oxygen atoms in total. The number of nitrogens with zero attached hydrogens (tertiary/aromatic N) is 2. The zero-order valence-corrected chi connectivity index (χ0v) is 17.7. The molecule has 28 heavy (non-hydrogen) atoms. The van der Waals surface area contributed by atoms with Crippen molar-refractivity contribution in [1.29, 1.82) is 0 Å². The van der Waals surface area contributed by atoms with Crippen LogP contribution in [0.3, 0.4) is 0 Å². The summed E-state index contributed by atoms with van der Waals surface area (Å²) < 4.78 is 5.22. The summed E-state index contributed by atoms with van der Waals surface area (Å²) in [5.41, 5.74) is 2.36. The molecule has 2 aliphatic heterocycles. The Hall–Kier alpha value is -1.47. The highest BCUT2D eigenvalue weighted by molar-refractivity contribution is 7.99. The van der Waals surface area contributed by atoms with Crippen LogP contribution in [0.1, 0.15) is 41.1 Å². The lowest BCUT2D eigenvalue weighted by molar-refractivity contribution is 0.0233. The van der Waals surface area contributed by atoms with E-state index in [0.717, 1.165) is 25.1 Å². The van der Waals surface area contributed by atoms with E-state index in [-0.39, 0.29) is 24.4 Å². The van der Waals surface area contributed by atoms with Crippen LogP contribution in [-0.2, 0) is 6.42 Å². The molecule has 0 saturated carbocycles. The molecule has 7 heteroatoms. The molecule has 1 fully saturated rings. The van der Waals surface area contributed by atoms with Crippen LogP contribution in [0.5, 0.6) is 0 Å². The van der Waals surface area contributed by atoms with Crippen molar-refractivity contribution in [2.75, 3.05) is 31.9 Å². The number of carbonyl (C=O) groups excluding carboxylic acids is 1. The molecule has 0 aliphatic carbocycles. The molecule has 2 aliphatic rings. The number of halogens is 1. The zero-order valence-electron chi connectivity index (χ0n) is 16.0. The number of aliphatic hydroxyl groups is 1. The van der Waals surface area contributed by atoms with E-state index in [0.29, 0.717) is 18.8 Å². The van der Waals surface area contributed by atoms with Crippen molar-refractivity contribution in [2.24, 2.45) is 0 Å². The number of benzene rings is 1. The van der Waals surface area contributed by atoms with Gasteiger partial charge in [-0.1, -0.05) is 12.1 Å². The van der Waals surface area contributed by atoms with Crippen LogP contribution in [0.2, 0.25) is 0 Å². The van der Waals surface area contributed by atoms with Gasteiger partial charge in [0.2, 0.25) is 0 Å². The zero-order chi connectivity index (χ0) is 18.8. The molecule has 152 valence electrons. The van der Waals surface area contributed by atoms with Crippen molar-refractivity contribution in [2.45, 2.75) is 36.8 Å². The van der Waals surface area contributed by atoms with Crippen LogP contribution in [0.15, 0.2) is 45.9 Å². The number of hydrogen-bond acceptors (Lipinski definition) is 5. The lowest BCUT2D eigenvalue weighted by Crippen LogP contribution is -2.52. The summed E-state index contributed by atoms with van der Waals surface area (Å²) in [5, 5.41) is 10.9. The van der Waals surface area contributed by atoms with Gasteiger partial charge in [0, 0.05) is 37.1 Å². The van der Waals surface area contributed by atoms with Gasteiger partial charge >= 0.3 is 0 Å². The number of fused-ring (bicyclic) bond motifs is 1. The van der Waals surface area contributed by atoms with Gasteiger partial charge in [-0.25, -0.2) is 0 Å². The minimum atomic E-state index is -0.519. The summed E-state index contributed by atoms with van der Waals surface area (Å²) in [5.74, 6) is 1.52. The Morgan fingerprint density at radius 3 is 2.71 bits per heavy atom. The third-order valence-corrected chi connectivity index (χ3v) is 6.84. The fourth-order valence-corrected chi connectivity index (χ4v) is 4.95. The van der Waals surface area contributed by atoms with Crippen molar-refractivity contribution in [3.05, 3.63) is 53.5 Å². The first-order valence-corrected chi connectivity index (χ1v) is 10.6. The first kappa shape index (κ1) is 21.2. The maximum atomic E-state index is 12.4. The molecule has 0 radical (unpaired) electrons. The van der Waals surface area contributed by atoms with Gasteiger partial charge in [-0.15, -0.1) is 24.2 Å². The summed E-state index contributed by atoms with van der Waals surface area (Å²) in [7, 11) is 0. The summed E-state index contributed by atoms with van der Waals surface area (Å²) in [4.78, 5) is 17.8. The van der Waals surface area contributed by atoms with E-state index in [1.165, 1.54) is 28.9 Å². The summed E-state index contributed by atoms with van der Waals surface area (Å²) >= 11 is 1.91. The van der Waals surface area contributed by atoms with Gasteiger partial charge in [0.05, 0.1) is 12.4 Å². The smallest absolute Gasteiger partial charge is 0.289 e. The fraction of sp³-hybridized carbons (Fsp3) is 0.476. The van der Waals surface area contributed by atoms with E-state index in [1.54, 1.807) is 12.1 Å². The highest BCUT2D eigenvalue weighted by Crippen LogP contribution is 2.33. The van der Waals surface area contributed by atoms with Gasteiger partial charge in [0.25, 0.3) is 5.91 Å². The maximum Gasteiger partial charge on any atom is 0.289 e. The highest BCUT2D eigenvalue weighted by atomic mass is 35.5. The second kappa shape index (κ2) is 9.35. The summed E-state index contributed by atoms with van der Waals surface area (Å²) in [6, 6.07) is 9.85.